The topological polar surface area (TPSA) is 46.2 Å². The fourth-order valence-corrected chi connectivity index (χ4v) is 2.75. The number of hydrogen-bond donors (Lipinski definition) is 1. The molecule has 0 aliphatic heterocycles. The molecule has 1 amide bonds. The van der Waals surface area contributed by atoms with Crippen molar-refractivity contribution in [3.05, 3.63) is 65.5 Å². The molecule has 120 valence electrons. The number of thioether (sulfide) groups is 1. The molecule has 1 N–H and O–H groups in total. The second kappa shape index (κ2) is 7.92. The van der Waals surface area contributed by atoms with E-state index in [0.717, 1.165) is 5.56 Å². The van der Waals surface area contributed by atoms with Crippen LogP contribution < -0.4 is 5.32 Å². The summed E-state index contributed by atoms with van der Waals surface area (Å²) in [7, 11) is 0. The summed E-state index contributed by atoms with van der Waals surface area (Å²) in [4.78, 5) is 23.4. The summed E-state index contributed by atoms with van der Waals surface area (Å²) < 4.78 is 12.8. The molecule has 5 heteroatoms. The zero-order valence-electron chi connectivity index (χ0n) is 13.0. The number of hydrogen-bond acceptors (Lipinski definition) is 3. The smallest absolute Gasteiger partial charge is 0.237 e. The first-order valence-electron chi connectivity index (χ1n) is 7.23. The van der Waals surface area contributed by atoms with Crippen LogP contribution in [0.15, 0.2) is 48.5 Å². The number of halogens is 1. The number of anilines is 1. The molecule has 0 saturated heterocycles. The van der Waals surface area contributed by atoms with Gasteiger partial charge in [-0.3, -0.25) is 9.59 Å². The van der Waals surface area contributed by atoms with Crippen molar-refractivity contribution in [1.82, 2.24) is 0 Å². The molecule has 2 aromatic rings. The number of nitrogens with one attached hydrogen (secondary N) is 1. The van der Waals surface area contributed by atoms with Crippen molar-refractivity contribution in [2.75, 3.05) is 5.32 Å². The lowest BCUT2D eigenvalue weighted by Crippen LogP contribution is -2.22. The number of Topliss-reactive ketones (excluding diaryl/α,β-unsaturated/α-hetero) is 1. The van der Waals surface area contributed by atoms with Gasteiger partial charge in [0.1, 0.15) is 5.82 Å². The summed E-state index contributed by atoms with van der Waals surface area (Å²) >= 11 is 1.48. The predicted octanol–water partition coefficient (Wildman–Crippen LogP) is 4.29. The quantitative estimate of drug-likeness (QED) is 0.803. The van der Waals surface area contributed by atoms with Crippen LogP contribution in [0.5, 0.6) is 0 Å². The minimum atomic E-state index is -0.265. The molecule has 0 spiro atoms. The predicted molar refractivity (Wildman–Crippen MR) is 92.2 cm³/mol. The molecular formula is C18H18FNO2S. The van der Waals surface area contributed by atoms with E-state index in [9.17, 15) is 14.0 Å². The van der Waals surface area contributed by atoms with Gasteiger partial charge in [0.25, 0.3) is 0 Å². The van der Waals surface area contributed by atoms with Crippen molar-refractivity contribution in [3.8, 4) is 0 Å². The molecule has 2 rings (SSSR count). The molecule has 23 heavy (non-hydrogen) atoms. The third-order valence-corrected chi connectivity index (χ3v) is 4.56. The minimum absolute atomic E-state index is 0.00824. The zero-order chi connectivity index (χ0) is 16.8. The van der Waals surface area contributed by atoms with Crippen LogP contribution in [0, 0.1) is 5.82 Å². The maximum atomic E-state index is 12.8. The molecule has 3 nitrogen and oxygen atoms in total. The van der Waals surface area contributed by atoms with E-state index in [-0.39, 0.29) is 22.8 Å². The van der Waals surface area contributed by atoms with Crippen molar-refractivity contribution in [2.45, 2.75) is 24.9 Å². The number of ketones is 1. The van der Waals surface area contributed by atoms with Gasteiger partial charge < -0.3 is 5.32 Å². The van der Waals surface area contributed by atoms with Crippen LogP contribution in [0.2, 0.25) is 0 Å². The van der Waals surface area contributed by atoms with Crippen LogP contribution in [0.3, 0.4) is 0 Å². The fourth-order valence-electron chi connectivity index (χ4n) is 1.91. The molecule has 1 unspecified atom stereocenters. The highest BCUT2D eigenvalue weighted by atomic mass is 32.2. The van der Waals surface area contributed by atoms with Crippen molar-refractivity contribution in [3.63, 3.8) is 0 Å². The lowest BCUT2D eigenvalue weighted by Gasteiger charge is -2.12. The van der Waals surface area contributed by atoms with Gasteiger partial charge in [-0.25, -0.2) is 4.39 Å². The fraction of sp³-hybridized carbons (Fsp3) is 0.222. The van der Waals surface area contributed by atoms with Gasteiger partial charge in [0.2, 0.25) is 5.91 Å². The van der Waals surface area contributed by atoms with Crippen LogP contribution in [-0.2, 0) is 10.5 Å². The van der Waals surface area contributed by atoms with Crippen molar-refractivity contribution >= 4 is 29.1 Å². The summed E-state index contributed by atoms with van der Waals surface area (Å²) in [6.45, 7) is 3.33. The minimum Gasteiger partial charge on any atom is -0.325 e. The first-order chi connectivity index (χ1) is 11.0. The molecule has 0 heterocycles. The van der Waals surface area contributed by atoms with E-state index in [2.05, 4.69) is 5.32 Å². The lowest BCUT2D eigenvalue weighted by molar-refractivity contribution is -0.115. The number of rotatable bonds is 6. The standard InChI is InChI=1S/C18H18FNO2S/c1-12(21)15-5-9-17(10-6-15)20-18(22)13(2)23-11-14-3-7-16(19)8-4-14/h3-10,13H,11H2,1-2H3,(H,20,22). The summed E-state index contributed by atoms with van der Waals surface area (Å²) in [6.07, 6.45) is 0. The lowest BCUT2D eigenvalue weighted by atomic mass is 10.1. The number of carbonyl (C=O) groups excluding carboxylic acids is 2. The van der Waals surface area contributed by atoms with E-state index in [4.69, 9.17) is 0 Å². The molecule has 0 aromatic heterocycles. The third kappa shape index (κ3) is 5.21. The monoisotopic (exact) mass is 331 g/mol. The maximum absolute atomic E-state index is 12.8. The van der Waals surface area contributed by atoms with E-state index in [1.165, 1.54) is 30.8 Å². The van der Waals surface area contributed by atoms with Gasteiger partial charge in [-0.2, -0.15) is 0 Å². The Morgan fingerprint density at radius 1 is 1.09 bits per heavy atom. The van der Waals surface area contributed by atoms with Crippen LogP contribution in [-0.4, -0.2) is 16.9 Å². The van der Waals surface area contributed by atoms with Crippen molar-refractivity contribution in [2.24, 2.45) is 0 Å². The van der Waals surface area contributed by atoms with Gasteiger partial charge in [-0.05, 0) is 55.8 Å². The highest BCUT2D eigenvalue weighted by Crippen LogP contribution is 2.20. The van der Waals surface area contributed by atoms with E-state index in [0.29, 0.717) is 17.0 Å². The van der Waals surface area contributed by atoms with Gasteiger partial charge in [0.15, 0.2) is 5.78 Å². The van der Waals surface area contributed by atoms with Crippen molar-refractivity contribution < 1.29 is 14.0 Å². The first-order valence-corrected chi connectivity index (χ1v) is 8.28. The van der Waals surface area contributed by atoms with Gasteiger partial charge in [-0.1, -0.05) is 12.1 Å². The van der Waals surface area contributed by atoms with E-state index in [1.807, 2.05) is 6.92 Å². The molecule has 0 aliphatic carbocycles. The number of amides is 1. The Morgan fingerprint density at radius 3 is 2.26 bits per heavy atom. The van der Waals surface area contributed by atoms with Gasteiger partial charge in [-0.15, -0.1) is 11.8 Å². The van der Waals surface area contributed by atoms with Crippen LogP contribution in [0.25, 0.3) is 0 Å². The highest BCUT2D eigenvalue weighted by Gasteiger charge is 2.14. The molecule has 0 fully saturated rings. The zero-order valence-corrected chi connectivity index (χ0v) is 13.8. The van der Waals surface area contributed by atoms with Crippen LogP contribution in [0.1, 0.15) is 29.8 Å². The Morgan fingerprint density at radius 2 is 1.70 bits per heavy atom. The molecule has 1 atom stereocenters. The van der Waals surface area contributed by atoms with Gasteiger partial charge in [0, 0.05) is 17.0 Å². The molecule has 0 saturated carbocycles. The summed E-state index contributed by atoms with van der Waals surface area (Å²) in [5, 5.41) is 2.58. The van der Waals surface area contributed by atoms with E-state index in [1.54, 1.807) is 36.4 Å². The molecular weight excluding hydrogens is 313 g/mol. The number of benzene rings is 2. The Balaban J connectivity index is 1.86. The summed E-state index contributed by atoms with van der Waals surface area (Å²) in [6, 6.07) is 13.1. The number of carbonyl (C=O) groups is 2. The molecule has 2 aromatic carbocycles. The van der Waals surface area contributed by atoms with Crippen LogP contribution >= 0.6 is 11.8 Å². The van der Waals surface area contributed by atoms with E-state index >= 15 is 0 Å². The highest BCUT2D eigenvalue weighted by molar-refractivity contribution is 7.99. The summed E-state index contributed by atoms with van der Waals surface area (Å²) in [5.74, 6) is 0.260. The van der Waals surface area contributed by atoms with Gasteiger partial charge >= 0.3 is 0 Å². The summed E-state index contributed by atoms with van der Waals surface area (Å²) in [5.41, 5.74) is 2.25. The second-order valence-corrected chi connectivity index (χ2v) is 6.53. The average molecular weight is 331 g/mol. The molecule has 0 bridgehead atoms. The largest absolute Gasteiger partial charge is 0.325 e. The molecule has 0 aliphatic rings. The van der Waals surface area contributed by atoms with Crippen molar-refractivity contribution in [1.29, 1.82) is 0 Å². The molecule has 0 radical (unpaired) electrons. The average Bonchev–Trinajstić information content (AvgIpc) is 2.54. The Hall–Kier alpha value is -2.14. The normalized spacial score (nSPS) is 11.8. The second-order valence-electron chi connectivity index (χ2n) is 5.20. The Kier molecular flexibility index (Phi) is 5.93. The van der Waals surface area contributed by atoms with E-state index < -0.39 is 0 Å². The maximum Gasteiger partial charge on any atom is 0.237 e. The van der Waals surface area contributed by atoms with Gasteiger partial charge in [0.05, 0.1) is 5.25 Å². The Bertz CT molecular complexity index is 683. The third-order valence-electron chi connectivity index (χ3n) is 3.34. The first kappa shape index (κ1) is 17.2. The Labute approximate surface area is 139 Å². The SMILES string of the molecule is CC(=O)c1ccc(NC(=O)C(C)SCc2ccc(F)cc2)cc1. The van der Waals surface area contributed by atoms with Crippen LogP contribution in [0.4, 0.5) is 10.1 Å².